The number of aryl methyl sites for hydroxylation is 1. The summed E-state index contributed by atoms with van der Waals surface area (Å²) in [6.45, 7) is 1.43. The molecule has 224 valence electrons. The molecule has 14 heteroatoms. The normalized spacial score (nSPS) is 11.7. The third-order valence-electron chi connectivity index (χ3n) is 7.32. The van der Waals surface area contributed by atoms with Crippen LogP contribution in [0.1, 0.15) is 21.6 Å². The average Bonchev–Trinajstić information content (AvgIpc) is 3.46. The Kier molecular flexibility index (Phi) is 7.06. The molecular formula is C30H25ClFN7O5. The Balaban J connectivity index is 1.60. The number of hydrogen-bond donors (Lipinski definition) is 4. The van der Waals surface area contributed by atoms with Crippen LogP contribution in [0.25, 0.3) is 38.4 Å². The number of aromatic amines is 2. The second-order valence-corrected chi connectivity index (χ2v) is 11.1. The van der Waals surface area contributed by atoms with Gasteiger partial charge in [-0.3, -0.25) is 14.7 Å². The highest BCUT2D eigenvalue weighted by Crippen LogP contribution is 2.34. The summed E-state index contributed by atoms with van der Waals surface area (Å²) in [7, 11) is 3.50. The fraction of sp³-hybridized carbons (Fsp3) is 0.167. The maximum atomic E-state index is 15.0. The number of para-hydroxylation sites is 1. The van der Waals surface area contributed by atoms with Crippen LogP contribution in [0.2, 0.25) is 5.02 Å². The predicted molar refractivity (Wildman–Crippen MR) is 165 cm³/mol. The van der Waals surface area contributed by atoms with Gasteiger partial charge in [-0.25, -0.2) is 18.5 Å². The molecule has 4 N–H and O–H groups in total. The molecule has 44 heavy (non-hydrogen) atoms. The van der Waals surface area contributed by atoms with E-state index in [9.17, 15) is 24.3 Å². The number of rotatable bonds is 7. The number of carbonyl (C=O) groups is 2. The van der Waals surface area contributed by atoms with Gasteiger partial charge in [0, 0.05) is 22.3 Å². The molecule has 0 fully saturated rings. The van der Waals surface area contributed by atoms with E-state index in [1.807, 2.05) is 0 Å². The molecule has 0 unspecified atom stereocenters. The van der Waals surface area contributed by atoms with Crippen molar-refractivity contribution >= 4 is 62.0 Å². The molecule has 6 rings (SSSR count). The van der Waals surface area contributed by atoms with Crippen molar-refractivity contribution < 1.29 is 19.1 Å². The minimum absolute atomic E-state index is 0.118. The summed E-state index contributed by atoms with van der Waals surface area (Å²) in [5.41, 5.74) is -0.675. The number of nitrogens with zero attached hydrogens (tertiary/aromatic N) is 4. The average molecular weight is 618 g/mol. The lowest BCUT2D eigenvalue weighted by atomic mass is 10.1. The van der Waals surface area contributed by atoms with Crippen molar-refractivity contribution in [3.63, 3.8) is 0 Å². The molecule has 0 aliphatic rings. The number of carbonyl (C=O) groups excluding carboxylic acids is 1. The van der Waals surface area contributed by atoms with E-state index in [0.717, 1.165) is 10.6 Å². The number of nitrogens with one attached hydrogen (secondary N) is 3. The molecule has 0 bridgehead atoms. The molecule has 1 amide bonds. The number of aromatic nitrogens is 5. The van der Waals surface area contributed by atoms with Gasteiger partial charge in [0.25, 0.3) is 5.56 Å². The summed E-state index contributed by atoms with van der Waals surface area (Å²) >= 11 is 6.63. The van der Waals surface area contributed by atoms with Crippen LogP contribution in [-0.4, -0.2) is 66.8 Å². The number of anilines is 1. The van der Waals surface area contributed by atoms with E-state index in [1.165, 1.54) is 23.6 Å². The molecule has 0 aliphatic heterocycles. The number of amides is 1. The first kappa shape index (κ1) is 28.8. The van der Waals surface area contributed by atoms with Crippen LogP contribution in [0, 0.1) is 12.7 Å². The zero-order valence-electron chi connectivity index (χ0n) is 23.7. The predicted octanol–water partition coefficient (Wildman–Crippen LogP) is 3.86. The largest absolute Gasteiger partial charge is 0.477 e. The number of hydrogen-bond acceptors (Lipinski definition) is 6. The van der Waals surface area contributed by atoms with E-state index >= 15 is 4.39 Å². The number of aromatic carboxylic acids is 1. The maximum Gasteiger partial charge on any atom is 0.354 e. The zero-order chi connectivity index (χ0) is 31.4. The number of halogens is 2. The molecule has 0 saturated heterocycles. The molecule has 0 radical (unpaired) electrons. The first-order chi connectivity index (χ1) is 20.9. The summed E-state index contributed by atoms with van der Waals surface area (Å²) in [5.74, 6) is -2.11. The highest BCUT2D eigenvalue weighted by molar-refractivity contribution is 6.32. The van der Waals surface area contributed by atoms with Crippen LogP contribution in [-0.2, 0) is 11.3 Å². The van der Waals surface area contributed by atoms with Gasteiger partial charge in [-0.1, -0.05) is 23.7 Å². The summed E-state index contributed by atoms with van der Waals surface area (Å²) in [6, 6.07) is 12.2. The number of benzene rings is 3. The van der Waals surface area contributed by atoms with Gasteiger partial charge in [0.15, 0.2) is 11.5 Å². The van der Waals surface area contributed by atoms with Gasteiger partial charge >= 0.3 is 11.7 Å². The summed E-state index contributed by atoms with van der Waals surface area (Å²) in [5, 5.41) is 21.3. The van der Waals surface area contributed by atoms with Gasteiger partial charge in [-0.15, -0.1) is 0 Å². The minimum Gasteiger partial charge on any atom is -0.477 e. The Morgan fingerprint density at radius 3 is 2.55 bits per heavy atom. The Morgan fingerprint density at radius 1 is 1.07 bits per heavy atom. The summed E-state index contributed by atoms with van der Waals surface area (Å²) in [4.78, 5) is 56.6. The van der Waals surface area contributed by atoms with Crippen LogP contribution in [0.3, 0.4) is 0 Å². The smallest absolute Gasteiger partial charge is 0.354 e. The zero-order valence-corrected chi connectivity index (χ0v) is 24.4. The maximum absolute atomic E-state index is 15.0. The Morgan fingerprint density at radius 2 is 1.82 bits per heavy atom. The molecule has 3 aromatic heterocycles. The van der Waals surface area contributed by atoms with E-state index in [1.54, 1.807) is 49.3 Å². The third-order valence-corrected chi connectivity index (χ3v) is 7.68. The van der Waals surface area contributed by atoms with Crippen molar-refractivity contribution in [1.82, 2.24) is 29.2 Å². The van der Waals surface area contributed by atoms with Crippen molar-refractivity contribution in [2.45, 2.75) is 13.5 Å². The molecule has 3 aromatic carbocycles. The van der Waals surface area contributed by atoms with E-state index < -0.39 is 28.7 Å². The Bertz CT molecular complexity index is 2280. The monoisotopic (exact) mass is 617 g/mol. The number of carboxylic acids is 1. The number of likely N-dealkylation sites (N-methyl/N-ethyl adjacent to an activating group) is 1. The van der Waals surface area contributed by atoms with Gasteiger partial charge in [-0.2, -0.15) is 5.10 Å². The molecule has 3 heterocycles. The van der Waals surface area contributed by atoms with E-state index in [-0.39, 0.29) is 62.9 Å². The van der Waals surface area contributed by atoms with Crippen molar-refractivity contribution in [2.24, 2.45) is 0 Å². The topological polar surface area (TPSA) is 158 Å². The van der Waals surface area contributed by atoms with Crippen LogP contribution in [0.5, 0.6) is 0 Å². The second-order valence-electron chi connectivity index (χ2n) is 10.7. The lowest BCUT2D eigenvalue weighted by Crippen LogP contribution is -2.34. The van der Waals surface area contributed by atoms with Gasteiger partial charge in [0.1, 0.15) is 5.82 Å². The summed E-state index contributed by atoms with van der Waals surface area (Å²) < 4.78 is 17.1. The van der Waals surface area contributed by atoms with Crippen molar-refractivity contribution in [3.8, 4) is 5.69 Å². The fourth-order valence-electron chi connectivity index (χ4n) is 5.36. The number of fused-ring (bicyclic) bond motifs is 3. The number of H-pyrrole nitrogens is 2. The Hall–Kier alpha value is -5.27. The minimum atomic E-state index is -1.45. The van der Waals surface area contributed by atoms with Crippen molar-refractivity contribution in [1.29, 1.82) is 0 Å². The van der Waals surface area contributed by atoms with E-state index in [2.05, 4.69) is 20.5 Å². The SMILES string of the molecule is Cc1cc2c(-n3c(=O)[nH]c4ccccc4c3=O)c(C(=O)O)n(Cc3cc4c(NC(=O)CN(C)C)n[nH]c4cc3Cl)c2cc1F. The van der Waals surface area contributed by atoms with E-state index in [0.29, 0.717) is 16.5 Å². The van der Waals surface area contributed by atoms with Gasteiger partial charge in [0.05, 0.1) is 34.2 Å². The van der Waals surface area contributed by atoms with Crippen LogP contribution < -0.4 is 16.6 Å². The van der Waals surface area contributed by atoms with Gasteiger partial charge in [-0.05, 0) is 68.5 Å². The summed E-state index contributed by atoms with van der Waals surface area (Å²) in [6.07, 6.45) is 0. The van der Waals surface area contributed by atoms with Crippen molar-refractivity contribution in [2.75, 3.05) is 26.0 Å². The lowest BCUT2D eigenvalue weighted by molar-refractivity contribution is -0.116. The molecule has 12 nitrogen and oxygen atoms in total. The molecule has 6 aromatic rings. The van der Waals surface area contributed by atoms with Crippen LogP contribution in [0.4, 0.5) is 10.2 Å². The third kappa shape index (κ3) is 4.81. The molecule has 0 saturated carbocycles. The number of carboxylic acid groups (broad SMARTS) is 1. The molecule has 0 atom stereocenters. The second kappa shape index (κ2) is 10.8. The molecule has 0 spiro atoms. The Labute approximate surface area is 252 Å². The highest BCUT2D eigenvalue weighted by Gasteiger charge is 2.28. The lowest BCUT2D eigenvalue weighted by Gasteiger charge is -2.12. The van der Waals surface area contributed by atoms with Crippen molar-refractivity contribution in [3.05, 3.63) is 97.0 Å². The standard InChI is InChI=1S/C30H25ClFN7O5/c1-14-8-18-23(11-20(14)32)38(12-15-9-17-22(10-19(15)31)35-36-27(17)34-24(40)13-37(2)3)26(29(42)43)25(18)39-28(41)16-6-4-5-7-21(16)33-30(39)44/h4-11H,12-13H2,1-3H3,(H,33,44)(H,42,43)(H2,34,35,36,40). The first-order valence-corrected chi connectivity index (χ1v) is 13.7. The van der Waals surface area contributed by atoms with E-state index in [4.69, 9.17) is 11.6 Å². The van der Waals surface area contributed by atoms with Crippen LogP contribution in [0.15, 0.2) is 58.1 Å². The first-order valence-electron chi connectivity index (χ1n) is 13.4. The van der Waals surface area contributed by atoms with Crippen LogP contribution >= 0.6 is 11.6 Å². The van der Waals surface area contributed by atoms with Gasteiger partial charge in [0.2, 0.25) is 5.91 Å². The highest BCUT2D eigenvalue weighted by atomic mass is 35.5. The van der Waals surface area contributed by atoms with Gasteiger partial charge < -0.3 is 24.9 Å². The molecule has 0 aliphatic carbocycles. The molecular weight excluding hydrogens is 593 g/mol. The quantitative estimate of drug-likeness (QED) is 0.212. The fourth-order valence-corrected chi connectivity index (χ4v) is 5.58.